The Balaban J connectivity index is 1.93. The second-order valence-corrected chi connectivity index (χ2v) is 5.97. The highest BCUT2D eigenvalue weighted by Crippen LogP contribution is 2.24. The van der Waals surface area contributed by atoms with E-state index in [0.717, 1.165) is 30.4 Å². The molecule has 2 unspecified atom stereocenters. The van der Waals surface area contributed by atoms with Crippen LogP contribution in [0.25, 0.3) is 10.9 Å². The van der Waals surface area contributed by atoms with Crippen molar-refractivity contribution in [3.05, 3.63) is 42.1 Å². The van der Waals surface area contributed by atoms with E-state index in [2.05, 4.69) is 11.9 Å². The molecule has 2 heterocycles. The van der Waals surface area contributed by atoms with Crippen LogP contribution in [0.1, 0.15) is 23.7 Å². The predicted octanol–water partition coefficient (Wildman–Crippen LogP) is 3.32. The number of pyridine rings is 1. The van der Waals surface area contributed by atoms with Crippen molar-refractivity contribution in [2.45, 2.75) is 18.7 Å². The van der Waals surface area contributed by atoms with E-state index in [4.69, 9.17) is 11.6 Å². The molecule has 1 aliphatic heterocycles. The summed E-state index contributed by atoms with van der Waals surface area (Å²) in [5.74, 6) is 0.391. The molecule has 0 radical (unpaired) electrons. The zero-order valence-electron chi connectivity index (χ0n) is 11.4. The first-order chi connectivity index (χ1) is 9.66. The number of alkyl halides is 1. The monoisotopic (exact) mass is 288 g/mol. The van der Waals surface area contributed by atoms with Gasteiger partial charge in [0.15, 0.2) is 0 Å². The number of nitrogens with zero attached hydrogens (tertiary/aromatic N) is 2. The molecule has 0 N–H and O–H groups in total. The quantitative estimate of drug-likeness (QED) is 0.754. The van der Waals surface area contributed by atoms with Gasteiger partial charge in [0, 0.05) is 30.0 Å². The smallest absolute Gasteiger partial charge is 0.256 e. The Labute approximate surface area is 123 Å². The van der Waals surface area contributed by atoms with Crippen LogP contribution in [0.15, 0.2) is 36.5 Å². The van der Waals surface area contributed by atoms with Crippen LogP contribution in [0.2, 0.25) is 0 Å². The maximum absolute atomic E-state index is 12.7. The third-order valence-corrected chi connectivity index (χ3v) is 4.60. The molecule has 3 nitrogen and oxygen atoms in total. The van der Waals surface area contributed by atoms with E-state index in [0.29, 0.717) is 11.5 Å². The zero-order chi connectivity index (χ0) is 14.1. The van der Waals surface area contributed by atoms with Gasteiger partial charge in [-0.25, -0.2) is 0 Å². The molecule has 0 spiro atoms. The van der Waals surface area contributed by atoms with Crippen LogP contribution in [0.4, 0.5) is 0 Å². The maximum Gasteiger partial charge on any atom is 0.256 e. The first-order valence-electron chi connectivity index (χ1n) is 6.94. The maximum atomic E-state index is 12.7. The van der Waals surface area contributed by atoms with Gasteiger partial charge in [-0.05, 0) is 24.5 Å². The summed E-state index contributed by atoms with van der Waals surface area (Å²) in [5, 5.41) is 1.17. The minimum atomic E-state index is 0.0599. The fraction of sp³-hybridized carbons (Fsp3) is 0.375. The second kappa shape index (κ2) is 5.41. The topological polar surface area (TPSA) is 33.2 Å². The Morgan fingerprint density at radius 1 is 1.35 bits per heavy atom. The summed E-state index contributed by atoms with van der Waals surface area (Å²) in [6, 6.07) is 9.61. The van der Waals surface area contributed by atoms with Gasteiger partial charge in [0.2, 0.25) is 0 Å². The Morgan fingerprint density at radius 3 is 2.95 bits per heavy atom. The summed E-state index contributed by atoms with van der Waals surface area (Å²) in [6.07, 6.45) is 2.58. The number of hydrogen-bond acceptors (Lipinski definition) is 2. The molecule has 0 aliphatic carbocycles. The molecule has 1 saturated heterocycles. The summed E-state index contributed by atoms with van der Waals surface area (Å²) in [5.41, 5.74) is 1.46. The molecular formula is C16H17ClN2O. The van der Waals surface area contributed by atoms with Crippen molar-refractivity contribution in [2.75, 3.05) is 13.1 Å². The molecule has 104 valence electrons. The Kier molecular flexibility index (Phi) is 3.62. The number of piperidine rings is 1. The number of carbonyl (C=O) groups is 1. The summed E-state index contributed by atoms with van der Waals surface area (Å²) in [6.45, 7) is 3.54. The van der Waals surface area contributed by atoms with Gasteiger partial charge in [-0.1, -0.05) is 25.1 Å². The van der Waals surface area contributed by atoms with Crippen LogP contribution < -0.4 is 0 Å². The lowest BCUT2D eigenvalue weighted by Crippen LogP contribution is -2.43. The van der Waals surface area contributed by atoms with Crippen LogP contribution >= 0.6 is 11.6 Å². The largest absolute Gasteiger partial charge is 0.338 e. The van der Waals surface area contributed by atoms with Gasteiger partial charge < -0.3 is 4.90 Å². The lowest BCUT2D eigenvalue weighted by atomic mass is 9.98. The summed E-state index contributed by atoms with van der Waals surface area (Å²) in [7, 11) is 0. The third-order valence-electron chi connectivity index (χ3n) is 3.95. The molecule has 3 rings (SSSR count). The van der Waals surface area contributed by atoms with Crippen LogP contribution in [0.3, 0.4) is 0 Å². The van der Waals surface area contributed by atoms with Crippen molar-refractivity contribution in [1.29, 1.82) is 0 Å². The number of amides is 1. The van der Waals surface area contributed by atoms with Crippen LogP contribution in [-0.2, 0) is 0 Å². The van der Waals surface area contributed by atoms with E-state index >= 15 is 0 Å². The number of para-hydroxylation sites is 1. The van der Waals surface area contributed by atoms with Crippen molar-refractivity contribution < 1.29 is 4.79 Å². The molecule has 2 aromatic rings. The normalized spacial score (nSPS) is 23.0. The number of aromatic nitrogens is 1. The lowest BCUT2D eigenvalue weighted by Gasteiger charge is -2.34. The molecule has 20 heavy (non-hydrogen) atoms. The minimum absolute atomic E-state index is 0.0599. The van der Waals surface area contributed by atoms with Gasteiger partial charge in [-0.2, -0.15) is 0 Å². The first kappa shape index (κ1) is 13.4. The standard InChI is InChI=1S/C16H17ClN2O/c1-11-10-19(9-7-14(11)17)16(20)13-6-2-4-12-5-3-8-18-15(12)13/h2-6,8,11,14H,7,9-10H2,1H3. The highest BCUT2D eigenvalue weighted by molar-refractivity contribution is 6.20. The third kappa shape index (κ3) is 2.38. The van der Waals surface area contributed by atoms with Crippen molar-refractivity contribution in [2.24, 2.45) is 5.92 Å². The molecule has 4 heteroatoms. The van der Waals surface area contributed by atoms with Gasteiger partial charge in [0.25, 0.3) is 5.91 Å². The fourth-order valence-corrected chi connectivity index (χ4v) is 2.93. The molecule has 1 aromatic heterocycles. The molecule has 1 fully saturated rings. The predicted molar refractivity (Wildman–Crippen MR) is 81.1 cm³/mol. The van der Waals surface area contributed by atoms with Gasteiger partial charge in [0.05, 0.1) is 11.1 Å². The average Bonchev–Trinajstić information content (AvgIpc) is 2.49. The number of carbonyl (C=O) groups excluding carboxylic acids is 1. The van der Waals surface area contributed by atoms with Crippen molar-refractivity contribution >= 4 is 28.4 Å². The van der Waals surface area contributed by atoms with Crippen molar-refractivity contribution in [3.8, 4) is 0 Å². The van der Waals surface area contributed by atoms with Gasteiger partial charge >= 0.3 is 0 Å². The first-order valence-corrected chi connectivity index (χ1v) is 7.37. The Bertz CT molecular complexity index is 638. The van der Waals surface area contributed by atoms with Gasteiger partial charge in [-0.15, -0.1) is 11.6 Å². The Morgan fingerprint density at radius 2 is 2.15 bits per heavy atom. The number of likely N-dealkylation sites (tertiary alicyclic amines) is 1. The van der Waals surface area contributed by atoms with E-state index in [1.165, 1.54) is 0 Å². The lowest BCUT2D eigenvalue weighted by molar-refractivity contribution is 0.0689. The highest BCUT2D eigenvalue weighted by Gasteiger charge is 2.28. The number of benzene rings is 1. The SMILES string of the molecule is CC1CN(C(=O)c2cccc3cccnc23)CCC1Cl. The zero-order valence-corrected chi connectivity index (χ0v) is 12.2. The van der Waals surface area contributed by atoms with E-state index < -0.39 is 0 Å². The summed E-state index contributed by atoms with van der Waals surface area (Å²) < 4.78 is 0. The number of halogens is 1. The van der Waals surface area contributed by atoms with Crippen molar-refractivity contribution in [3.63, 3.8) is 0 Å². The molecule has 2 atom stereocenters. The Hall–Kier alpha value is -1.61. The van der Waals surface area contributed by atoms with Gasteiger partial charge in [-0.3, -0.25) is 9.78 Å². The fourth-order valence-electron chi connectivity index (χ4n) is 2.75. The van der Waals surface area contributed by atoms with E-state index in [1.54, 1.807) is 6.20 Å². The molecule has 1 aromatic carbocycles. The molecule has 0 saturated carbocycles. The molecule has 1 aliphatic rings. The number of rotatable bonds is 1. The van der Waals surface area contributed by atoms with Gasteiger partial charge in [0.1, 0.15) is 0 Å². The number of fused-ring (bicyclic) bond motifs is 1. The van der Waals surface area contributed by atoms with Crippen LogP contribution in [0.5, 0.6) is 0 Å². The number of hydrogen-bond donors (Lipinski definition) is 0. The molecule has 0 bridgehead atoms. The highest BCUT2D eigenvalue weighted by atomic mass is 35.5. The van der Waals surface area contributed by atoms with Crippen LogP contribution in [0, 0.1) is 5.92 Å². The molecular weight excluding hydrogens is 272 g/mol. The summed E-state index contributed by atoms with van der Waals surface area (Å²) >= 11 is 6.23. The van der Waals surface area contributed by atoms with Crippen molar-refractivity contribution in [1.82, 2.24) is 9.88 Å². The average molecular weight is 289 g/mol. The summed E-state index contributed by atoms with van der Waals surface area (Å²) in [4.78, 5) is 19.0. The van der Waals surface area contributed by atoms with E-state index in [-0.39, 0.29) is 11.3 Å². The minimum Gasteiger partial charge on any atom is -0.338 e. The van der Waals surface area contributed by atoms with E-state index in [9.17, 15) is 4.79 Å². The van der Waals surface area contributed by atoms with E-state index in [1.807, 2.05) is 35.2 Å². The second-order valence-electron chi connectivity index (χ2n) is 5.41. The van der Waals surface area contributed by atoms with Crippen LogP contribution in [-0.4, -0.2) is 34.3 Å². The molecule has 1 amide bonds.